The molecule has 2 aromatic rings. The molecule has 0 fully saturated rings. The molecule has 1 aromatic carbocycles. The molecule has 0 saturated heterocycles. The summed E-state index contributed by atoms with van der Waals surface area (Å²) in [5.41, 5.74) is 0.959. The third kappa shape index (κ3) is 11.1. The van der Waals surface area contributed by atoms with E-state index in [1.165, 1.54) is 6.42 Å². The molecule has 1 heterocycles. The number of hydrogen-bond acceptors (Lipinski definition) is 6. The number of ether oxygens (including phenoxy) is 4. The lowest BCUT2D eigenvalue weighted by Crippen LogP contribution is -2.01. The maximum atomic E-state index is 5.79. The van der Waals surface area contributed by atoms with Gasteiger partial charge < -0.3 is 18.9 Å². The summed E-state index contributed by atoms with van der Waals surface area (Å²) in [5.74, 6) is 2.25. The Hall–Kier alpha value is -2.18. The second-order valence-electron chi connectivity index (χ2n) is 7.39. The molecule has 0 aliphatic heterocycles. The molecule has 0 unspecified atom stereocenters. The van der Waals surface area contributed by atoms with E-state index < -0.39 is 0 Å². The summed E-state index contributed by atoms with van der Waals surface area (Å²) < 4.78 is 22.4. The Morgan fingerprint density at radius 1 is 0.613 bits per heavy atom. The fraction of sp³-hybridized carbons (Fsp3) is 0.600. The van der Waals surface area contributed by atoms with Crippen LogP contribution in [0.5, 0.6) is 11.5 Å². The maximum absolute atomic E-state index is 5.79. The van der Waals surface area contributed by atoms with Gasteiger partial charge in [0.05, 0.1) is 25.6 Å². The quantitative estimate of drug-likeness (QED) is 0.283. The van der Waals surface area contributed by atoms with Gasteiger partial charge in [0.2, 0.25) is 0 Å². The summed E-state index contributed by atoms with van der Waals surface area (Å²) in [5, 5.41) is 0. The highest BCUT2D eigenvalue weighted by Gasteiger charge is 2.03. The molecule has 1 aromatic heterocycles. The van der Waals surface area contributed by atoms with E-state index in [2.05, 4.69) is 16.9 Å². The Labute approximate surface area is 187 Å². The third-order valence-corrected chi connectivity index (χ3v) is 4.70. The van der Waals surface area contributed by atoms with Crippen LogP contribution in [-0.4, -0.2) is 49.6 Å². The SMILES string of the molecule is CCCOCCCCOc1ccc(-c2ncc(OCCCCCCOCC)cn2)cc1. The van der Waals surface area contributed by atoms with Gasteiger partial charge in [-0.15, -0.1) is 0 Å². The summed E-state index contributed by atoms with van der Waals surface area (Å²) in [7, 11) is 0. The van der Waals surface area contributed by atoms with Crippen molar-refractivity contribution in [2.75, 3.05) is 39.6 Å². The minimum Gasteiger partial charge on any atom is -0.494 e. The summed E-state index contributed by atoms with van der Waals surface area (Å²) in [6.07, 6.45) is 11.0. The minimum atomic E-state index is 0.683. The molecule has 0 amide bonds. The highest BCUT2D eigenvalue weighted by Crippen LogP contribution is 2.20. The first kappa shape index (κ1) is 25.1. The average Bonchev–Trinajstić information content (AvgIpc) is 2.81. The van der Waals surface area contributed by atoms with Crippen molar-refractivity contribution in [2.24, 2.45) is 0 Å². The van der Waals surface area contributed by atoms with E-state index in [-0.39, 0.29) is 0 Å². The van der Waals surface area contributed by atoms with Crippen LogP contribution in [-0.2, 0) is 9.47 Å². The van der Waals surface area contributed by atoms with Crippen LogP contribution in [0.15, 0.2) is 36.7 Å². The van der Waals surface area contributed by atoms with Crippen molar-refractivity contribution in [2.45, 2.75) is 58.8 Å². The zero-order chi connectivity index (χ0) is 22.0. The first-order valence-corrected chi connectivity index (χ1v) is 11.7. The van der Waals surface area contributed by atoms with Gasteiger partial charge >= 0.3 is 0 Å². The highest BCUT2D eigenvalue weighted by molar-refractivity contribution is 5.56. The van der Waals surface area contributed by atoms with Gasteiger partial charge in [-0.1, -0.05) is 13.3 Å². The number of unbranched alkanes of at least 4 members (excludes halogenated alkanes) is 4. The van der Waals surface area contributed by atoms with Crippen LogP contribution in [0.1, 0.15) is 58.8 Å². The monoisotopic (exact) mass is 430 g/mol. The molecule has 0 aliphatic carbocycles. The first-order valence-electron chi connectivity index (χ1n) is 11.7. The fourth-order valence-corrected chi connectivity index (χ4v) is 2.98. The lowest BCUT2D eigenvalue weighted by molar-refractivity contribution is 0.127. The van der Waals surface area contributed by atoms with Crippen LogP contribution in [0.4, 0.5) is 0 Å². The molecule has 0 aliphatic rings. The smallest absolute Gasteiger partial charge is 0.159 e. The molecular formula is C25H38N2O4. The zero-order valence-electron chi connectivity index (χ0n) is 19.2. The van der Waals surface area contributed by atoms with Gasteiger partial charge in [-0.3, -0.25) is 0 Å². The molecule has 0 bridgehead atoms. The number of aromatic nitrogens is 2. The standard InChI is InChI=1S/C25H38N2O4/c1-3-15-29-17-9-10-19-30-23-13-11-22(12-14-23)25-26-20-24(21-27-25)31-18-8-6-5-7-16-28-4-2/h11-14,20-21H,3-10,15-19H2,1-2H3. The molecule has 6 heteroatoms. The summed E-state index contributed by atoms with van der Waals surface area (Å²) in [6, 6.07) is 7.89. The van der Waals surface area contributed by atoms with E-state index in [0.29, 0.717) is 24.8 Å². The Morgan fingerprint density at radius 2 is 1.19 bits per heavy atom. The van der Waals surface area contributed by atoms with Gasteiger partial charge in [-0.05, 0) is 69.7 Å². The van der Waals surface area contributed by atoms with Crippen molar-refractivity contribution < 1.29 is 18.9 Å². The van der Waals surface area contributed by atoms with E-state index in [1.807, 2.05) is 31.2 Å². The molecule has 0 spiro atoms. The minimum absolute atomic E-state index is 0.683. The summed E-state index contributed by atoms with van der Waals surface area (Å²) >= 11 is 0. The van der Waals surface area contributed by atoms with Gasteiger partial charge in [0.15, 0.2) is 11.6 Å². The van der Waals surface area contributed by atoms with Crippen LogP contribution in [0.2, 0.25) is 0 Å². The topological polar surface area (TPSA) is 62.7 Å². The van der Waals surface area contributed by atoms with Crippen molar-refractivity contribution in [1.82, 2.24) is 9.97 Å². The normalized spacial score (nSPS) is 10.9. The van der Waals surface area contributed by atoms with Crippen LogP contribution in [0, 0.1) is 0 Å². The average molecular weight is 431 g/mol. The summed E-state index contributed by atoms with van der Waals surface area (Å²) in [4.78, 5) is 8.86. The lowest BCUT2D eigenvalue weighted by atomic mass is 10.2. The van der Waals surface area contributed by atoms with Crippen LogP contribution < -0.4 is 9.47 Å². The zero-order valence-corrected chi connectivity index (χ0v) is 19.2. The van der Waals surface area contributed by atoms with Crippen molar-refractivity contribution in [3.05, 3.63) is 36.7 Å². The van der Waals surface area contributed by atoms with Crippen LogP contribution in [0.25, 0.3) is 11.4 Å². The molecule has 0 radical (unpaired) electrons. The van der Waals surface area contributed by atoms with E-state index in [1.54, 1.807) is 12.4 Å². The number of hydrogen-bond donors (Lipinski definition) is 0. The van der Waals surface area contributed by atoms with Crippen molar-refractivity contribution in [3.63, 3.8) is 0 Å². The van der Waals surface area contributed by atoms with Crippen molar-refractivity contribution in [1.29, 1.82) is 0 Å². The predicted octanol–water partition coefficient (Wildman–Crippen LogP) is 5.70. The van der Waals surface area contributed by atoms with E-state index in [0.717, 1.165) is 76.3 Å². The number of benzene rings is 1. The fourth-order valence-electron chi connectivity index (χ4n) is 2.98. The van der Waals surface area contributed by atoms with Crippen molar-refractivity contribution >= 4 is 0 Å². The Bertz CT molecular complexity index is 677. The lowest BCUT2D eigenvalue weighted by Gasteiger charge is -2.08. The third-order valence-electron chi connectivity index (χ3n) is 4.70. The van der Waals surface area contributed by atoms with E-state index in [9.17, 15) is 0 Å². The van der Waals surface area contributed by atoms with Gasteiger partial charge in [0.1, 0.15) is 5.75 Å². The second kappa shape index (κ2) is 16.5. The van der Waals surface area contributed by atoms with E-state index >= 15 is 0 Å². The summed E-state index contributed by atoms with van der Waals surface area (Å²) in [6.45, 7) is 8.83. The highest BCUT2D eigenvalue weighted by atomic mass is 16.5. The molecule has 0 N–H and O–H groups in total. The maximum Gasteiger partial charge on any atom is 0.159 e. The Balaban J connectivity index is 1.63. The molecule has 0 atom stereocenters. The molecule has 6 nitrogen and oxygen atoms in total. The number of rotatable bonds is 18. The van der Waals surface area contributed by atoms with E-state index in [4.69, 9.17) is 18.9 Å². The van der Waals surface area contributed by atoms with Gasteiger partial charge in [-0.2, -0.15) is 0 Å². The van der Waals surface area contributed by atoms with Crippen molar-refractivity contribution in [3.8, 4) is 22.9 Å². The van der Waals surface area contributed by atoms with Crippen LogP contribution >= 0.6 is 0 Å². The molecule has 31 heavy (non-hydrogen) atoms. The predicted molar refractivity (Wildman–Crippen MR) is 124 cm³/mol. The first-order chi connectivity index (χ1) is 15.3. The molecule has 172 valence electrons. The van der Waals surface area contributed by atoms with Gasteiger partial charge in [-0.25, -0.2) is 9.97 Å². The second-order valence-corrected chi connectivity index (χ2v) is 7.39. The largest absolute Gasteiger partial charge is 0.494 e. The Kier molecular flexibility index (Phi) is 13.4. The molecule has 2 rings (SSSR count). The molecule has 0 saturated carbocycles. The van der Waals surface area contributed by atoms with Crippen LogP contribution in [0.3, 0.4) is 0 Å². The Morgan fingerprint density at radius 3 is 1.87 bits per heavy atom. The van der Waals surface area contributed by atoms with Gasteiger partial charge in [0, 0.05) is 32.0 Å². The van der Waals surface area contributed by atoms with Gasteiger partial charge in [0.25, 0.3) is 0 Å². The molecular weight excluding hydrogens is 392 g/mol. The number of nitrogens with zero attached hydrogens (tertiary/aromatic N) is 2.